The first kappa shape index (κ1) is 14.0. The van der Waals surface area contributed by atoms with Gasteiger partial charge in [-0.15, -0.1) is 11.3 Å². The van der Waals surface area contributed by atoms with Crippen LogP contribution in [0.4, 0.5) is 0 Å². The third-order valence-corrected chi connectivity index (χ3v) is 5.13. The lowest BCUT2D eigenvalue weighted by atomic mass is 9.98. The predicted molar refractivity (Wildman–Crippen MR) is 96.5 cm³/mol. The van der Waals surface area contributed by atoms with E-state index in [-0.39, 0.29) is 6.04 Å². The van der Waals surface area contributed by atoms with Gasteiger partial charge >= 0.3 is 0 Å². The Morgan fingerprint density at radius 1 is 1.10 bits per heavy atom. The van der Waals surface area contributed by atoms with Gasteiger partial charge in [0.1, 0.15) is 0 Å². The molecule has 1 aromatic heterocycles. The largest absolute Gasteiger partial charge is 0.306 e. The highest BCUT2D eigenvalue weighted by Crippen LogP contribution is 2.32. The van der Waals surface area contributed by atoms with Crippen LogP contribution in [0.2, 0.25) is 0 Å². The van der Waals surface area contributed by atoms with E-state index in [2.05, 4.69) is 88.7 Å². The number of hydrogen-bond donors (Lipinski definition) is 1. The fourth-order valence-electron chi connectivity index (χ4n) is 2.51. The van der Waals surface area contributed by atoms with Gasteiger partial charge in [0.15, 0.2) is 0 Å². The van der Waals surface area contributed by atoms with Gasteiger partial charge in [-0.3, -0.25) is 0 Å². The Kier molecular flexibility index (Phi) is 4.38. The third kappa shape index (κ3) is 2.75. The molecule has 0 saturated heterocycles. The summed E-state index contributed by atoms with van der Waals surface area (Å²) in [5.74, 6) is 0. The number of benzene rings is 2. The maximum atomic E-state index is 3.62. The van der Waals surface area contributed by atoms with Crippen molar-refractivity contribution in [2.24, 2.45) is 0 Å². The molecule has 0 aliphatic rings. The second kappa shape index (κ2) is 6.24. The molecule has 1 nitrogen and oxygen atoms in total. The van der Waals surface area contributed by atoms with Crippen molar-refractivity contribution >= 4 is 44.0 Å². The van der Waals surface area contributed by atoms with Crippen LogP contribution in [-0.4, -0.2) is 6.54 Å². The molecule has 0 spiro atoms. The number of hydrogen-bond acceptors (Lipinski definition) is 2. The van der Waals surface area contributed by atoms with Crippen LogP contribution in [0.3, 0.4) is 0 Å². The van der Waals surface area contributed by atoms with Crippen LogP contribution < -0.4 is 5.32 Å². The SMILES string of the molecule is CCNC(c1ccc(I)cc1)c1cccc2ccsc12. The summed E-state index contributed by atoms with van der Waals surface area (Å²) in [5, 5.41) is 7.13. The standard InChI is InChI=1S/C17H16INS/c1-2-19-16(12-6-8-14(18)9-7-12)15-5-3-4-13-10-11-20-17(13)15/h3-11,16,19H,2H2,1H3. The Morgan fingerprint density at radius 3 is 2.65 bits per heavy atom. The quantitative estimate of drug-likeness (QED) is 0.601. The van der Waals surface area contributed by atoms with Crippen LogP contribution in [0.1, 0.15) is 24.1 Å². The summed E-state index contributed by atoms with van der Waals surface area (Å²) in [6.07, 6.45) is 0. The topological polar surface area (TPSA) is 12.0 Å². The van der Waals surface area contributed by atoms with Gasteiger partial charge in [-0.1, -0.05) is 37.3 Å². The van der Waals surface area contributed by atoms with Gasteiger partial charge in [-0.25, -0.2) is 0 Å². The van der Waals surface area contributed by atoms with Crippen molar-refractivity contribution in [2.75, 3.05) is 6.54 Å². The third-order valence-electron chi connectivity index (χ3n) is 3.43. The maximum absolute atomic E-state index is 3.62. The summed E-state index contributed by atoms with van der Waals surface area (Å²) >= 11 is 4.18. The molecular weight excluding hydrogens is 377 g/mol. The van der Waals surface area contributed by atoms with E-state index in [4.69, 9.17) is 0 Å². The summed E-state index contributed by atoms with van der Waals surface area (Å²) in [6, 6.07) is 17.8. The zero-order chi connectivity index (χ0) is 13.9. The second-order valence-electron chi connectivity index (χ2n) is 4.73. The van der Waals surface area contributed by atoms with E-state index in [9.17, 15) is 0 Å². The molecule has 0 aliphatic carbocycles. The van der Waals surface area contributed by atoms with Crippen LogP contribution >= 0.6 is 33.9 Å². The van der Waals surface area contributed by atoms with Crippen molar-refractivity contribution in [1.29, 1.82) is 0 Å². The molecule has 1 N–H and O–H groups in total. The lowest BCUT2D eigenvalue weighted by Gasteiger charge is -2.20. The van der Waals surface area contributed by atoms with E-state index in [0.717, 1.165) is 6.54 Å². The van der Waals surface area contributed by atoms with Gasteiger partial charge in [-0.2, -0.15) is 0 Å². The molecule has 0 fully saturated rings. The first-order valence-electron chi connectivity index (χ1n) is 6.74. The van der Waals surface area contributed by atoms with Crippen molar-refractivity contribution < 1.29 is 0 Å². The molecule has 1 heterocycles. The minimum atomic E-state index is 0.263. The van der Waals surface area contributed by atoms with E-state index >= 15 is 0 Å². The summed E-state index contributed by atoms with van der Waals surface area (Å²) in [6.45, 7) is 3.12. The van der Waals surface area contributed by atoms with E-state index in [1.54, 1.807) is 0 Å². The van der Waals surface area contributed by atoms with E-state index < -0.39 is 0 Å². The molecule has 0 saturated carbocycles. The molecule has 3 heteroatoms. The van der Waals surface area contributed by atoms with Gasteiger partial charge < -0.3 is 5.32 Å². The smallest absolute Gasteiger partial charge is 0.0590 e. The lowest BCUT2D eigenvalue weighted by molar-refractivity contribution is 0.635. The Balaban J connectivity index is 2.10. The molecule has 0 amide bonds. The van der Waals surface area contributed by atoms with E-state index in [1.165, 1.54) is 24.8 Å². The molecule has 0 radical (unpaired) electrons. The summed E-state index contributed by atoms with van der Waals surface area (Å²) < 4.78 is 2.66. The monoisotopic (exact) mass is 393 g/mol. The van der Waals surface area contributed by atoms with Gasteiger partial charge in [0, 0.05) is 8.27 Å². The van der Waals surface area contributed by atoms with Crippen molar-refractivity contribution in [3.63, 3.8) is 0 Å². The van der Waals surface area contributed by atoms with Gasteiger partial charge in [0.25, 0.3) is 0 Å². The number of rotatable bonds is 4. The molecule has 3 rings (SSSR count). The zero-order valence-electron chi connectivity index (χ0n) is 11.3. The van der Waals surface area contributed by atoms with Gasteiger partial charge in [0.05, 0.1) is 6.04 Å². The lowest BCUT2D eigenvalue weighted by Crippen LogP contribution is -2.22. The Morgan fingerprint density at radius 2 is 1.90 bits per heavy atom. The fraction of sp³-hybridized carbons (Fsp3) is 0.176. The van der Waals surface area contributed by atoms with Crippen molar-refractivity contribution in [2.45, 2.75) is 13.0 Å². The molecule has 0 bridgehead atoms. The maximum Gasteiger partial charge on any atom is 0.0590 e. The van der Waals surface area contributed by atoms with E-state index in [0.29, 0.717) is 0 Å². The normalized spacial score (nSPS) is 12.7. The van der Waals surface area contributed by atoms with Gasteiger partial charge in [0.2, 0.25) is 0 Å². The van der Waals surface area contributed by atoms with Crippen molar-refractivity contribution in [1.82, 2.24) is 5.32 Å². The molecule has 102 valence electrons. The van der Waals surface area contributed by atoms with Crippen molar-refractivity contribution in [3.05, 3.63) is 68.6 Å². The van der Waals surface area contributed by atoms with Crippen LogP contribution in [0.15, 0.2) is 53.9 Å². The van der Waals surface area contributed by atoms with Crippen LogP contribution in [0, 0.1) is 3.57 Å². The number of fused-ring (bicyclic) bond motifs is 1. The minimum Gasteiger partial charge on any atom is -0.306 e. The highest BCUT2D eigenvalue weighted by Gasteiger charge is 2.16. The summed E-state index contributed by atoms with van der Waals surface area (Å²) in [5.41, 5.74) is 2.70. The summed E-state index contributed by atoms with van der Waals surface area (Å²) in [4.78, 5) is 0. The molecule has 0 aliphatic heterocycles. The summed E-state index contributed by atoms with van der Waals surface area (Å²) in [7, 11) is 0. The van der Waals surface area contributed by atoms with Crippen LogP contribution in [-0.2, 0) is 0 Å². The molecule has 2 aromatic carbocycles. The first-order valence-corrected chi connectivity index (χ1v) is 8.70. The predicted octanol–water partition coefficient (Wildman–Crippen LogP) is 5.20. The Bertz CT molecular complexity index is 702. The first-order chi connectivity index (χ1) is 9.79. The van der Waals surface area contributed by atoms with Crippen LogP contribution in [0.25, 0.3) is 10.1 Å². The van der Waals surface area contributed by atoms with Gasteiger partial charge in [-0.05, 0) is 69.2 Å². The highest BCUT2D eigenvalue weighted by atomic mass is 127. The second-order valence-corrected chi connectivity index (χ2v) is 6.89. The van der Waals surface area contributed by atoms with Crippen molar-refractivity contribution in [3.8, 4) is 0 Å². The number of nitrogens with one attached hydrogen (secondary N) is 1. The molecule has 1 atom stereocenters. The number of halogens is 1. The fourth-order valence-corrected chi connectivity index (χ4v) is 3.81. The Hall–Kier alpha value is -0.910. The van der Waals surface area contributed by atoms with E-state index in [1.807, 2.05) is 11.3 Å². The molecule has 1 unspecified atom stereocenters. The highest BCUT2D eigenvalue weighted by molar-refractivity contribution is 14.1. The average Bonchev–Trinajstić information content (AvgIpc) is 2.94. The molecule has 3 aromatic rings. The van der Waals surface area contributed by atoms with Crippen LogP contribution in [0.5, 0.6) is 0 Å². The zero-order valence-corrected chi connectivity index (χ0v) is 14.2. The molecular formula is C17H16INS. The Labute approximate surface area is 137 Å². The number of thiophene rings is 1. The molecule has 20 heavy (non-hydrogen) atoms. The average molecular weight is 393 g/mol. The minimum absolute atomic E-state index is 0.263.